The number of hydrogen-bond acceptors (Lipinski definition) is 4. The Bertz CT molecular complexity index is 357. The first-order chi connectivity index (χ1) is 7.54. The van der Waals surface area contributed by atoms with Crippen molar-refractivity contribution in [3.63, 3.8) is 0 Å². The minimum atomic E-state index is -2.61. The first-order valence-electron chi connectivity index (χ1n) is 4.50. The molecule has 0 atom stereocenters. The third kappa shape index (κ3) is 3.73. The van der Waals surface area contributed by atoms with Crippen molar-refractivity contribution in [3.05, 3.63) is 16.3 Å². The van der Waals surface area contributed by atoms with Gasteiger partial charge in [-0.25, -0.2) is 8.78 Å². The fourth-order valence-electron chi connectivity index (χ4n) is 1.16. The fraction of sp³-hybridized carbons (Fsp3) is 0.444. The molecule has 0 aliphatic heterocycles. The van der Waals surface area contributed by atoms with Crippen LogP contribution in [0.5, 0.6) is 0 Å². The lowest BCUT2D eigenvalue weighted by Gasteiger charge is -2.20. The highest BCUT2D eigenvalue weighted by atomic mass is 32.1. The highest BCUT2D eigenvalue weighted by Gasteiger charge is 2.20. The number of thiophene rings is 1. The van der Waals surface area contributed by atoms with Crippen LogP contribution >= 0.6 is 24.0 Å². The summed E-state index contributed by atoms with van der Waals surface area (Å²) in [6.07, 6.45) is -2.61. The predicted molar refractivity (Wildman–Crippen MR) is 60.6 cm³/mol. The van der Waals surface area contributed by atoms with Gasteiger partial charge in [0.1, 0.15) is 0 Å². The number of carbonyl (C=O) groups is 1. The molecule has 0 aliphatic carbocycles. The highest BCUT2D eigenvalue weighted by Crippen LogP contribution is 2.19. The van der Waals surface area contributed by atoms with Gasteiger partial charge < -0.3 is 10.0 Å². The van der Waals surface area contributed by atoms with E-state index in [9.17, 15) is 13.6 Å². The molecule has 1 heterocycles. The van der Waals surface area contributed by atoms with Crippen LogP contribution < -0.4 is 0 Å². The molecule has 16 heavy (non-hydrogen) atoms. The average molecular weight is 267 g/mol. The number of thiol groups is 1. The van der Waals surface area contributed by atoms with Crippen LogP contribution in [0.25, 0.3) is 0 Å². The van der Waals surface area contributed by atoms with Gasteiger partial charge in [0, 0.05) is 16.8 Å². The Morgan fingerprint density at radius 1 is 1.62 bits per heavy atom. The normalized spacial score (nSPS) is 10.8. The van der Waals surface area contributed by atoms with Gasteiger partial charge in [-0.2, -0.15) is 0 Å². The van der Waals surface area contributed by atoms with Crippen molar-refractivity contribution in [2.75, 3.05) is 19.7 Å². The molecule has 1 N–H and O–H groups in total. The minimum Gasteiger partial charge on any atom is -0.395 e. The lowest BCUT2D eigenvalue weighted by atomic mass is 10.3. The van der Waals surface area contributed by atoms with E-state index in [4.69, 9.17) is 5.11 Å². The molecule has 0 saturated carbocycles. The summed E-state index contributed by atoms with van der Waals surface area (Å²) in [4.78, 5) is 13.6. The second kappa shape index (κ2) is 6.17. The van der Waals surface area contributed by atoms with Crippen molar-refractivity contribution in [3.8, 4) is 0 Å². The third-order valence-electron chi connectivity index (χ3n) is 1.81. The number of amides is 1. The van der Waals surface area contributed by atoms with E-state index in [0.717, 1.165) is 16.2 Å². The van der Waals surface area contributed by atoms with Crippen LogP contribution in [-0.4, -0.2) is 42.0 Å². The Balaban J connectivity index is 2.74. The fourth-order valence-corrected chi connectivity index (χ4v) is 2.27. The maximum absolute atomic E-state index is 12.2. The molecular weight excluding hydrogens is 256 g/mol. The molecule has 0 aromatic carbocycles. The SMILES string of the molecule is O=C(c1cc(S)cs1)N(CCO)CC(F)F. The smallest absolute Gasteiger partial charge is 0.264 e. The molecule has 0 fully saturated rings. The molecule has 90 valence electrons. The van der Waals surface area contributed by atoms with Crippen molar-refractivity contribution in [1.82, 2.24) is 4.90 Å². The molecule has 0 unspecified atom stereocenters. The number of carbonyl (C=O) groups excluding carboxylic acids is 1. The average Bonchev–Trinajstić information content (AvgIpc) is 2.62. The van der Waals surface area contributed by atoms with Gasteiger partial charge in [-0.3, -0.25) is 4.79 Å². The summed E-state index contributed by atoms with van der Waals surface area (Å²) < 4.78 is 24.4. The summed E-state index contributed by atoms with van der Waals surface area (Å²) >= 11 is 5.18. The number of nitrogens with zero attached hydrogens (tertiary/aromatic N) is 1. The summed E-state index contributed by atoms with van der Waals surface area (Å²) in [5, 5.41) is 10.3. The van der Waals surface area contributed by atoms with Crippen molar-refractivity contribution < 1.29 is 18.7 Å². The van der Waals surface area contributed by atoms with E-state index in [-0.39, 0.29) is 13.2 Å². The molecule has 0 radical (unpaired) electrons. The molecule has 1 rings (SSSR count). The standard InChI is InChI=1S/C9H11F2NO2S2/c10-8(11)4-12(1-2-13)9(14)7-3-6(15)5-16-7/h3,5,8,13,15H,1-2,4H2. The van der Waals surface area contributed by atoms with Crippen LogP contribution in [0.4, 0.5) is 8.78 Å². The van der Waals surface area contributed by atoms with Crippen LogP contribution in [0.1, 0.15) is 9.67 Å². The monoisotopic (exact) mass is 267 g/mol. The van der Waals surface area contributed by atoms with Gasteiger partial charge in [-0.05, 0) is 6.07 Å². The molecule has 1 amide bonds. The van der Waals surface area contributed by atoms with E-state index >= 15 is 0 Å². The first-order valence-corrected chi connectivity index (χ1v) is 5.83. The van der Waals surface area contributed by atoms with Gasteiger partial charge in [0.15, 0.2) is 0 Å². The molecule has 0 spiro atoms. The highest BCUT2D eigenvalue weighted by molar-refractivity contribution is 7.80. The van der Waals surface area contributed by atoms with Gasteiger partial charge in [0.2, 0.25) is 0 Å². The lowest BCUT2D eigenvalue weighted by Crippen LogP contribution is -2.36. The summed E-state index contributed by atoms with van der Waals surface area (Å²) in [5.41, 5.74) is 0. The number of alkyl halides is 2. The van der Waals surface area contributed by atoms with Gasteiger partial charge in [-0.1, -0.05) is 0 Å². The van der Waals surface area contributed by atoms with Gasteiger partial charge in [0.25, 0.3) is 12.3 Å². The molecule has 0 saturated heterocycles. The first kappa shape index (κ1) is 13.4. The van der Waals surface area contributed by atoms with Crippen LogP contribution in [0.3, 0.4) is 0 Å². The van der Waals surface area contributed by atoms with E-state index < -0.39 is 18.9 Å². The third-order valence-corrected chi connectivity index (χ3v) is 3.16. The van der Waals surface area contributed by atoms with Crippen LogP contribution in [-0.2, 0) is 0 Å². The molecule has 3 nitrogen and oxygen atoms in total. The molecule has 7 heteroatoms. The zero-order chi connectivity index (χ0) is 12.1. The van der Waals surface area contributed by atoms with Gasteiger partial charge in [-0.15, -0.1) is 24.0 Å². The van der Waals surface area contributed by atoms with Crippen molar-refractivity contribution in [2.45, 2.75) is 11.3 Å². The Labute approximate surface area is 101 Å². The van der Waals surface area contributed by atoms with E-state index in [1.54, 1.807) is 5.38 Å². The lowest BCUT2D eigenvalue weighted by molar-refractivity contribution is 0.0513. The Kier molecular flexibility index (Phi) is 5.17. The number of aliphatic hydroxyl groups excluding tert-OH is 1. The Hall–Kier alpha value is -0.660. The summed E-state index contributed by atoms with van der Waals surface area (Å²) in [6.45, 7) is -1.10. The molecule has 0 bridgehead atoms. The quantitative estimate of drug-likeness (QED) is 0.798. The molecular formula is C9H11F2NO2S2. The van der Waals surface area contributed by atoms with E-state index in [1.165, 1.54) is 6.07 Å². The van der Waals surface area contributed by atoms with E-state index in [2.05, 4.69) is 12.6 Å². The predicted octanol–water partition coefficient (Wildman–Crippen LogP) is 1.74. The zero-order valence-corrected chi connectivity index (χ0v) is 9.98. The van der Waals surface area contributed by atoms with Crippen molar-refractivity contribution >= 4 is 29.9 Å². The van der Waals surface area contributed by atoms with Crippen LogP contribution in [0.15, 0.2) is 16.3 Å². The molecule has 0 aliphatic rings. The number of aliphatic hydroxyl groups is 1. The Morgan fingerprint density at radius 3 is 2.75 bits per heavy atom. The molecule has 1 aromatic rings. The van der Waals surface area contributed by atoms with E-state index in [1.807, 2.05) is 0 Å². The van der Waals surface area contributed by atoms with Crippen molar-refractivity contribution in [1.29, 1.82) is 0 Å². The van der Waals surface area contributed by atoms with Gasteiger partial charge >= 0.3 is 0 Å². The van der Waals surface area contributed by atoms with Crippen LogP contribution in [0.2, 0.25) is 0 Å². The summed E-state index contributed by atoms with van der Waals surface area (Å²) in [5.74, 6) is -0.500. The van der Waals surface area contributed by atoms with Gasteiger partial charge in [0.05, 0.1) is 18.0 Å². The van der Waals surface area contributed by atoms with E-state index in [0.29, 0.717) is 9.77 Å². The minimum absolute atomic E-state index is 0.0943. The molecule has 1 aromatic heterocycles. The Morgan fingerprint density at radius 2 is 2.31 bits per heavy atom. The largest absolute Gasteiger partial charge is 0.395 e. The number of rotatable bonds is 5. The van der Waals surface area contributed by atoms with Crippen LogP contribution in [0, 0.1) is 0 Å². The maximum atomic E-state index is 12.2. The number of hydrogen-bond donors (Lipinski definition) is 2. The summed E-state index contributed by atoms with van der Waals surface area (Å²) in [7, 11) is 0. The number of halogens is 2. The van der Waals surface area contributed by atoms with Crippen molar-refractivity contribution in [2.24, 2.45) is 0 Å². The maximum Gasteiger partial charge on any atom is 0.264 e. The topological polar surface area (TPSA) is 40.5 Å². The zero-order valence-electron chi connectivity index (χ0n) is 8.27. The second-order valence-electron chi connectivity index (χ2n) is 3.04. The summed E-state index contributed by atoms with van der Waals surface area (Å²) in [6, 6.07) is 1.52. The second-order valence-corrected chi connectivity index (χ2v) is 4.46.